The summed E-state index contributed by atoms with van der Waals surface area (Å²) in [5.74, 6) is 0.0406. The number of rotatable bonds is 8. The number of nitrogens with two attached hydrogens (primary N) is 1. The van der Waals surface area contributed by atoms with Gasteiger partial charge in [-0.1, -0.05) is 6.92 Å². The second kappa shape index (κ2) is 7.95. The molecule has 128 valence electrons. The van der Waals surface area contributed by atoms with Crippen molar-refractivity contribution in [3.8, 4) is 11.5 Å². The normalized spacial score (nSPS) is 10.2. The highest BCUT2D eigenvalue weighted by Crippen LogP contribution is 2.28. The van der Waals surface area contributed by atoms with Crippen LogP contribution in [0.2, 0.25) is 0 Å². The number of hydrogen-bond donors (Lipinski definition) is 1. The zero-order valence-electron chi connectivity index (χ0n) is 13.3. The van der Waals surface area contributed by atoms with Gasteiger partial charge in [0.1, 0.15) is 0 Å². The Morgan fingerprint density at radius 3 is 2.58 bits per heavy atom. The summed E-state index contributed by atoms with van der Waals surface area (Å²) in [6, 6.07) is 4.40. The molecule has 0 spiro atoms. The third-order valence-electron chi connectivity index (χ3n) is 2.91. The molecule has 0 aliphatic heterocycles. The Morgan fingerprint density at radius 2 is 1.96 bits per heavy atom. The van der Waals surface area contributed by atoms with Gasteiger partial charge >= 0.3 is 5.97 Å². The van der Waals surface area contributed by atoms with Crippen LogP contribution in [-0.4, -0.2) is 35.8 Å². The number of hydrogen-bond acceptors (Lipinski definition) is 8. The minimum atomic E-state index is -0.619. The van der Waals surface area contributed by atoms with E-state index >= 15 is 0 Å². The van der Waals surface area contributed by atoms with Gasteiger partial charge in [0, 0.05) is 6.42 Å². The third kappa shape index (κ3) is 4.45. The van der Waals surface area contributed by atoms with Crippen LogP contribution in [0.3, 0.4) is 0 Å². The molecule has 0 saturated carbocycles. The fourth-order valence-electron chi connectivity index (χ4n) is 1.76. The van der Waals surface area contributed by atoms with Crippen molar-refractivity contribution >= 4 is 11.9 Å². The summed E-state index contributed by atoms with van der Waals surface area (Å²) < 4.78 is 20.7. The number of aryl methyl sites for hydroxylation is 1. The van der Waals surface area contributed by atoms with E-state index in [1.54, 1.807) is 0 Å². The van der Waals surface area contributed by atoms with Crippen LogP contribution in [0.25, 0.3) is 0 Å². The molecule has 0 bridgehead atoms. The van der Waals surface area contributed by atoms with Crippen LogP contribution in [0, 0.1) is 0 Å². The SMILES string of the molecule is CCc1nnc(COC(=O)c2ccc(OCC(N)=O)c(OC)c2)o1. The first-order valence-electron chi connectivity index (χ1n) is 7.11. The summed E-state index contributed by atoms with van der Waals surface area (Å²) in [6.45, 7) is 1.45. The van der Waals surface area contributed by atoms with Crippen LogP contribution in [0.15, 0.2) is 22.6 Å². The molecule has 0 aliphatic carbocycles. The second-order valence-corrected chi connectivity index (χ2v) is 4.64. The van der Waals surface area contributed by atoms with Crippen LogP contribution in [0.5, 0.6) is 11.5 Å². The van der Waals surface area contributed by atoms with Crippen LogP contribution in [0.1, 0.15) is 29.1 Å². The molecule has 0 radical (unpaired) electrons. The van der Waals surface area contributed by atoms with Crippen molar-refractivity contribution in [1.82, 2.24) is 10.2 Å². The predicted molar refractivity (Wildman–Crippen MR) is 80.5 cm³/mol. The van der Waals surface area contributed by atoms with Gasteiger partial charge in [0.15, 0.2) is 24.7 Å². The maximum absolute atomic E-state index is 12.1. The standard InChI is InChI=1S/C15H17N3O6/c1-3-13-17-18-14(24-13)8-23-15(20)9-4-5-10(11(6-9)21-2)22-7-12(16)19/h4-6H,3,7-8H2,1-2H3,(H2,16,19). The summed E-state index contributed by atoms with van der Waals surface area (Å²) >= 11 is 0. The van der Waals surface area contributed by atoms with E-state index < -0.39 is 11.9 Å². The van der Waals surface area contributed by atoms with Crippen molar-refractivity contribution in [2.24, 2.45) is 5.73 Å². The van der Waals surface area contributed by atoms with Gasteiger partial charge in [-0.3, -0.25) is 4.79 Å². The van der Waals surface area contributed by atoms with E-state index in [2.05, 4.69) is 10.2 Å². The molecule has 2 aromatic rings. The number of carbonyl (C=O) groups excluding carboxylic acids is 2. The lowest BCUT2D eigenvalue weighted by molar-refractivity contribution is -0.119. The summed E-state index contributed by atoms with van der Waals surface area (Å²) in [4.78, 5) is 22.8. The Hall–Kier alpha value is -3.10. The van der Waals surface area contributed by atoms with E-state index in [-0.39, 0.29) is 36.2 Å². The quantitative estimate of drug-likeness (QED) is 0.704. The molecule has 24 heavy (non-hydrogen) atoms. The smallest absolute Gasteiger partial charge is 0.338 e. The Kier molecular flexibility index (Phi) is 5.72. The largest absolute Gasteiger partial charge is 0.493 e. The first-order valence-corrected chi connectivity index (χ1v) is 7.11. The molecule has 0 unspecified atom stereocenters. The number of benzene rings is 1. The summed E-state index contributed by atoms with van der Waals surface area (Å²) in [5, 5.41) is 7.54. The molecule has 1 aromatic carbocycles. The highest BCUT2D eigenvalue weighted by Gasteiger charge is 2.14. The van der Waals surface area contributed by atoms with Crippen molar-refractivity contribution in [1.29, 1.82) is 0 Å². The summed E-state index contributed by atoms with van der Waals surface area (Å²) in [6.07, 6.45) is 0.602. The molecule has 1 amide bonds. The van der Waals surface area contributed by atoms with Gasteiger partial charge in [0.2, 0.25) is 5.89 Å². The highest BCUT2D eigenvalue weighted by atomic mass is 16.5. The van der Waals surface area contributed by atoms with Crippen molar-refractivity contribution < 1.29 is 28.2 Å². The van der Waals surface area contributed by atoms with Crippen LogP contribution >= 0.6 is 0 Å². The van der Waals surface area contributed by atoms with E-state index in [9.17, 15) is 9.59 Å². The number of ether oxygens (including phenoxy) is 3. The van der Waals surface area contributed by atoms with Gasteiger partial charge in [-0.05, 0) is 18.2 Å². The Bertz CT molecular complexity index is 728. The lowest BCUT2D eigenvalue weighted by atomic mass is 10.2. The Balaban J connectivity index is 2.01. The number of amides is 1. The predicted octanol–water partition coefficient (Wildman–Crippen LogP) is 0.862. The molecule has 1 heterocycles. The van der Waals surface area contributed by atoms with E-state index in [1.807, 2.05) is 6.92 Å². The zero-order chi connectivity index (χ0) is 17.5. The first-order chi connectivity index (χ1) is 11.5. The van der Waals surface area contributed by atoms with Gasteiger partial charge in [-0.15, -0.1) is 10.2 Å². The molecule has 9 heteroatoms. The average Bonchev–Trinajstić information content (AvgIpc) is 3.05. The molecule has 9 nitrogen and oxygen atoms in total. The van der Waals surface area contributed by atoms with Crippen LogP contribution in [-0.2, 0) is 22.6 Å². The molecule has 1 aromatic heterocycles. The average molecular weight is 335 g/mol. The van der Waals surface area contributed by atoms with E-state index in [4.69, 9.17) is 24.4 Å². The fraction of sp³-hybridized carbons (Fsp3) is 0.333. The topological polar surface area (TPSA) is 127 Å². The minimum Gasteiger partial charge on any atom is -0.493 e. The van der Waals surface area contributed by atoms with Gasteiger partial charge < -0.3 is 24.4 Å². The minimum absolute atomic E-state index is 0.131. The van der Waals surface area contributed by atoms with Crippen molar-refractivity contribution in [2.75, 3.05) is 13.7 Å². The third-order valence-corrected chi connectivity index (χ3v) is 2.91. The molecule has 0 atom stereocenters. The number of esters is 1. The number of aromatic nitrogens is 2. The lowest BCUT2D eigenvalue weighted by Crippen LogP contribution is -2.20. The number of nitrogens with zero attached hydrogens (tertiary/aromatic N) is 2. The summed E-state index contributed by atoms with van der Waals surface area (Å²) in [7, 11) is 1.41. The monoisotopic (exact) mass is 335 g/mol. The molecular formula is C15H17N3O6. The summed E-state index contributed by atoms with van der Waals surface area (Å²) in [5.41, 5.74) is 5.26. The number of carbonyl (C=O) groups is 2. The number of methoxy groups -OCH3 is 1. The van der Waals surface area contributed by atoms with E-state index in [0.717, 1.165) is 0 Å². The van der Waals surface area contributed by atoms with Crippen molar-refractivity contribution in [3.63, 3.8) is 0 Å². The van der Waals surface area contributed by atoms with Gasteiger partial charge in [-0.2, -0.15) is 0 Å². The first kappa shape index (κ1) is 17.3. The van der Waals surface area contributed by atoms with Crippen LogP contribution in [0.4, 0.5) is 0 Å². The fourth-order valence-corrected chi connectivity index (χ4v) is 1.76. The highest BCUT2D eigenvalue weighted by molar-refractivity contribution is 5.90. The molecule has 0 saturated heterocycles. The van der Waals surface area contributed by atoms with Crippen molar-refractivity contribution in [3.05, 3.63) is 35.5 Å². The van der Waals surface area contributed by atoms with Gasteiger partial charge in [0.25, 0.3) is 11.8 Å². The lowest BCUT2D eigenvalue weighted by Gasteiger charge is -2.10. The molecule has 2 rings (SSSR count). The van der Waals surface area contributed by atoms with Crippen molar-refractivity contribution in [2.45, 2.75) is 20.0 Å². The molecule has 0 fully saturated rings. The Labute approximate surface area is 137 Å². The van der Waals surface area contributed by atoms with Gasteiger partial charge in [-0.25, -0.2) is 4.79 Å². The number of primary amides is 1. The van der Waals surface area contributed by atoms with E-state index in [0.29, 0.717) is 12.3 Å². The molecule has 2 N–H and O–H groups in total. The maximum atomic E-state index is 12.1. The molecular weight excluding hydrogens is 318 g/mol. The second-order valence-electron chi connectivity index (χ2n) is 4.64. The maximum Gasteiger partial charge on any atom is 0.338 e. The van der Waals surface area contributed by atoms with Gasteiger partial charge in [0.05, 0.1) is 12.7 Å². The van der Waals surface area contributed by atoms with E-state index in [1.165, 1.54) is 25.3 Å². The Morgan fingerprint density at radius 1 is 1.21 bits per heavy atom. The van der Waals surface area contributed by atoms with Crippen LogP contribution < -0.4 is 15.2 Å². The zero-order valence-corrected chi connectivity index (χ0v) is 13.3. The molecule has 0 aliphatic rings.